The predicted octanol–water partition coefficient (Wildman–Crippen LogP) is 1.80. The van der Waals surface area contributed by atoms with Gasteiger partial charge in [-0.3, -0.25) is 4.79 Å². The van der Waals surface area contributed by atoms with Gasteiger partial charge in [0, 0.05) is 18.7 Å². The first-order chi connectivity index (χ1) is 11.3. The highest BCUT2D eigenvalue weighted by Crippen LogP contribution is 2.26. The number of amides is 1. The quantitative estimate of drug-likeness (QED) is 0.266. The van der Waals surface area contributed by atoms with Gasteiger partial charge in [0.05, 0.1) is 6.54 Å². The van der Waals surface area contributed by atoms with Crippen LogP contribution < -0.4 is 16.0 Å². The van der Waals surface area contributed by atoms with E-state index in [-0.39, 0.29) is 43.0 Å². The SMILES string of the molecule is CCCNC(=O)CN=C(NCC)NCC(C)(O)c1cc(C)oc1C.I. The highest BCUT2D eigenvalue weighted by Gasteiger charge is 2.27. The molecule has 1 atom stereocenters. The van der Waals surface area contributed by atoms with E-state index in [1.807, 2.05) is 33.8 Å². The van der Waals surface area contributed by atoms with Crippen molar-refractivity contribution >= 4 is 35.8 Å². The minimum Gasteiger partial charge on any atom is -0.466 e. The fourth-order valence-electron chi connectivity index (χ4n) is 2.33. The lowest BCUT2D eigenvalue weighted by Crippen LogP contribution is -2.45. The van der Waals surface area contributed by atoms with E-state index in [4.69, 9.17) is 4.42 Å². The molecule has 0 spiro atoms. The summed E-state index contributed by atoms with van der Waals surface area (Å²) >= 11 is 0. The molecule has 0 aliphatic rings. The zero-order chi connectivity index (χ0) is 18.2. The van der Waals surface area contributed by atoms with Gasteiger partial charge in [-0.2, -0.15) is 0 Å². The number of furan rings is 1. The molecule has 25 heavy (non-hydrogen) atoms. The molecular formula is C17H31IN4O3. The van der Waals surface area contributed by atoms with Gasteiger partial charge in [-0.1, -0.05) is 6.92 Å². The lowest BCUT2D eigenvalue weighted by molar-refractivity contribution is -0.119. The number of nitrogens with one attached hydrogen (secondary N) is 3. The fourth-order valence-corrected chi connectivity index (χ4v) is 2.33. The molecule has 1 unspecified atom stereocenters. The van der Waals surface area contributed by atoms with E-state index < -0.39 is 5.60 Å². The van der Waals surface area contributed by atoms with Gasteiger partial charge in [-0.15, -0.1) is 24.0 Å². The molecule has 1 heterocycles. The summed E-state index contributed by atoms with van der Waals surface area (Å²) < 4.78 is 5.49. The van der Waals surface area contributed by atoms with Crippen LogP contribution in [0.25, 0.3) is 0 Å². The summed E-state index contributed by atoms with van der Waals surface area (Å²) in [5.74, 6) is 1.82. The Morgan fingerprint density at radius 2 is 1.96 bits per heavy atom. The van der Waals surface area contributed by atoms with Crippen molar-refractivity contribution in [1.82, 2.24) is 16.0 Å². The molecule has 1 aromatic heterocycles. The Kier molecular flexibility index (Phi) is 10.8. The number of rotatable bonds is 8. The van der Waals surface area contributed by atoms with Crippen molar-refractivity contribution < 1.29 is 14.3 Å². The summed E-state index contributed by atoms with van der Waals surface area (Å²) in [6.45, 7) is 10.9. The average molecular weight is 466 g/mol. The number of aliphatic hydroxyl groups is 1. The van der Waals surface area contributed by atoms with Crippen molar-refractivity contribution in [2.45, 2.75) is 46.6 Å². The van der Waals surface area contributed by atoms with E-state index >= 15 is 0 Å². The topological polar surface area (TPSA) is 98.9 Å². The number of halogens is 1. The van der Waals surface area contributed by atoms with Crippen molar-refractivity contribution in [3.05, 3.63) is 23.2 Å². The van der Waals surface area contributed by atoms with E-state index in [0.717, 1.165) is 17.7 Å². The fraction of sp³-hybridized carbons (Fsp3) is 0.647. The van der Waals surface area contributed by atoms with Crippen molar-refractivity contribution in [2.24, 2.45) is 4.99 Å². The third-order valence-electron chi connectivity index (χ3n) is 3.52. The lowest BCUT2D eigenvalue weighted by atomic mass is 9.96. The summed E-state index contributed by atoms with van der Waals surface area (Å²) in [7, 11) is 0. The van der Waals surface area contributed by atoms with E-state index in [9.17, 15) is 9.90 Å². The molecule has 1 aromatic rings. The van der Waals surface area contributed by atoms with Gasteiger partial charge in [0.25, 0.3) is 0 Å². The Labute approximate surface area is 167 Å². The zero-order valence-electron chi connectivity index (χ0n) is 15.7. The van der Waals surface area contributed by atoms with Crippen LogP contribution in [0.15, 0.2) is 15.5 Å². The average Bonchev–Trinajstić information content (AvgIpc) is 2.87. The number of carbonyl (C=O) groups excluding carboxylic acids is 1. The number of carbonyl (C=O) groups is 1. The Balaban J connectivity index is 0.00000576. The Hall–Kier alpha value is -1.29. The number of guanidine groups is 1. The zero-order valence-corrected chi connectivity index (χ0v) is 18.1. The minimum absolute atomic E-state index is 0. The Morgan fingerprint density at radius 3 is 2.48 bits per heavy atom. The molecule has 4 N–H and O–H groups in total. The van der Waals surface area contributed by atoms with Gasteiger partial charge in [0.1, 0.15) is 23.7 Å². The van der Waals surface area contributed by atoms with E-state index in [1.165, 1.54) is 0 Å². The molecule has 1 amide bonds. The van der Waals surface area contributed by atoms with Crippen molar-refractivity contribution in [3.63, 3.8) is 0 Å². The molecule has 0 aliphatic heterocycles. The maximum atomic E-state index is 11.6. The number of hydrogen-bond acceptors (Lipinski definition) is 4. The molecule has 0 aromatic carbocycles. The smallest absolute Gasteiger partial charge is 0.241 e. The molecule has 144 valence electrons. The van der Waals surface area contributed by atoms with Crippen LogP contribution in [-0.4, -0.2) is 43.2 Å². The standard InChI is InChI=1S/C17H30N4O3.HI/c1-6-8-19-15(22)10-20-16(18-7-2)21-11-17(5,23)14-9-12(3)24-13(14)4;/h9,23H,6-8,10-11H2,1-5H3,(H,19,22)(H2,18,20,21);1H. The summed E-state index contributed by atoms with van der Waals surface area (Å²) in [6.07, 6.45) is 0.889. The summed E-state index contributed by atoms with van der Waals surface area (Å²) in [6, 6.07) is 1.83. The van der Waals surface area contributed by atoms with Gasteiger partial charge in [-0.05, 0) is 40.2 Å². The molecule has 0 saturated carbocycles. The Morgan fingerprint density at radius 1 is 1.28 bits per heavy atom. The van der Waals surface area contributed by atoms with Gasteiger partial charge in [0.15, 0.2) is 5.96 Å². The number of aryl methyl sites for hydroxylation is 2. The van der Waals surface area contributed by atoms with Crippen molar-refractivity contribution in [2.75, 3.05) is 26.2 Å². The van der Waals surface area contributed by atoms with Crippen molar-refractivity contribution in [3.8, 4) is 0 Å². The molecule has 0 aliphatic carbocycles. The molecule has 0 saturated heterocycles. The van der Waals surface area contributed by atoms with Crippen LogP contribution in [0.2, 0.25) is 0 Å². The third-order valence-corrected chi connectivity index (χ3v) is 3.52. The first-order valence-corrected chi connectivity index (χ1v) is 8.39. The Bertz CT molecular complexity index is 570. The summed E-state index contributed by atoms with van der Waals surface area (Å²) in [4.78, 5) is 15.9. The van der Waals surface area contributed by atoms with Gasteiger partial charge < -0.3 is 25.5 Å². The maximum Gasteiger partial charge on any atom is 0.241 e. The molecular weight excluding hydrogens is 435 g/mol. The molecule has 8 heteroatoms. The second-order valence-electron chi connectivity index (χ2n) is 6.00. The van der Waals surface area contributed by atoms with E-state index in [1.54, 1.807) is 6.92 Å². The molecule has 0 radical (unpaired) electrons. The number of nitrogens with zero attached hydrogens (tertiary/aromatic N) is 1. The van der Waals surface area contributed by atoms with Crippen LogP contribution in [0.5, 0.6) is 0 Å². The molecule has 0 bridgehead atoms. The van der Waals surface area contributed by atoms with E-state index in [0.29, 0.717) is 24.8 Å². The molecule has 7 nitrogen and oxygen atoms in total. The molecule has 1 rings (SSSR count). The van der Waals surface area contributed by atoms with Crippen LogP contribution in [0.3, 0.4) is 0 Å². The van der Waals surface area contributed by atoms with E-state index in [2.05, 4.69) is 20.9 Å². The maximum absolute atomic E-state index is 11.6. The second kappa shape index (κ2) is 11.3. The van der Waals surface area contributed by atoms with Crippen LogP contribution in [0.1, 0.15) is 44.3 Å². The largest absolute Gasteiger partial charge is 0.466 e. The lowest BCUT2D eigenvalue weighted by Gasteiger charge is -2.24. The van der Waals surface area contributed by atoms with Crippen LogP contribution >= 0.6 is 24.0 Å². The van der Waals surface area contributed by atoms with Crippen molar-refractivity contribution in [1.29, 1.82) is 0 Å². The van der Waals surface area contributed by atoms with Crippen LogP contribution in [0.4, 0.5) is 0 Å². The normalized spacial score (nSPS) is 13.6. The highest BCUT2D eigenvalue weighted by molar-refractivity contribution is 14.0. The molecule has 0 fully saturated rings. The van der Waals surface area contributed by atoms with Gasteiger partial charge in [-0.25, -0.2) is 4.99 Å². The first kappa shape index (κ1) is 23.7. The van der Waals surface area contributed by atoms with Crippen LogP contribution in [-0.2, 0) is 10.4 Å². The summed E-state index contributed by atoms with van der Waals surface area (Å²) in [5, 5.41) is 19.6. The number of aliphatic imine (C=N–C) groups is 1. The van der Waals surface area contributed by atoms with Gasteiger partial charge in [0.2, 0.25) is 5.91 Å². The third kappa shape index (κ3) is 8.08. The minimum atomic E-state index is -1.11. The number of hydrogen-bond donors (Lipinski definition) is 4. The second-order valence-corrected chi connectivity index (χ2v) is 6.00. The van der Waals surface area contributed by atoms with Crippen LogP contribution in [0, 0.1) is 13.8 Å². The predicted molar refractivity (Wildman–Crippen MR) is 110 cm³/mol. The first-order valence-electron chi connectivity index (χ1n) is 8.39. The highest BCUT2D eigenvalue weighted by atomic mass is 127. The summed E-state index contributed by atoms with van der Waals surface area (Å²) in [5.41, 5.74) is -0.369. The van der Waals surface area contributed by atoms with Gasteiger partial charge >= 0.3 is 0 Å². The monoisotopic (exact) mass is 466 g/mol.